The van der Waals surface area contributed by atoms with E-state index in [2.05, 4.69) is 29.6 Å². The third-order valence-corrected chi connectivity index (χ3v) is 2.66. The van der Waals surface area contributed by atoms with E-state index >= 15 is 0 Å². The van der Waals surface area contributed by atoms with Crippen LogP contribution in [0, 0.1) is 0 Å². The van der Waals surface area contributed by atoms with Gasteiger partial charge in [0.15, 0.2) is 0 Å². The maximum atomic E-state index is 10.6. The van der Waals surface area contributed by atoms with Crippen molar-refractivity contribution in [3.05, 3.63) is 35.9 Å². The third kappa shape index (κ3) is 2.34. The summed E-state index contributed by atoms with van der Waals surface area (Å²) >= 11 is 0. The minimum Gasteiger partial charge on any atom is -0.353 e. The van der Waals surface area contributed by atoms with Crippen LogP contribution in [0.15, 0.2) is 30.3 Å². The van der Waals surface area contributed by atoms with Crippen LogP contribution in [0.3, 0.4) is 0 Å². The number of hydrogen-bond acceptors (Lipinski definition) is 1. The Morgan fingerprint density at radius 1 is 1.29 bits per heavy atom. The third-order valence-electron chi connectivity index (χ3n) is 2.66. The van der Waals surface area contributed by atoms with Gasteiger partial charge < -0.3 is 5.32 Å². The fourth-order valence-corrected chi connectivity index (χ4v) is 1.80. The molecule has 1 amide bonds. The summed E-state index contributed by atoms with van der Waals surface area (Å²) in [5, 5.41) is 2.89. The fourth-order valence-electron chi connectivity index (χ4n) is 1.80. The van der Waals surface area contributed by atoms with Crippen LogP contribution in [0.2, 0.25) is 0 Å². The van der Waals surface area contributed by atoms with E-state index in [1.165, 1.54) is 5.56 Å². The van der Waals surface area contributed by atoms with Crippen molar-refractivity contribution in [1.82, 2.24) is 5.32 Å². The molecule has 0 saturated carbocycles. The van der Waals surface area contributed by atoms with Crippen LogP contribution in [0.25, 0.3) is 0 Å². The van der Waals surface area contributed by atoms with Crippen LogP contribution >= 0.6 is 0 Å². The molecule has 74 valence electrons. The molecule has 2 rings (SSSR count). The highest BCUT2D eigenvalue weighted by Crippen LogP contribution is 2.13. The van der Waals surface area contributed by atoms with Crippen molar-refractivity contribution in [3.63, 3.8) is 0 Å². The molecule has 1 fully saturated rings. The average molecular weight is 189 g/mol. The second kappa shape index (κ2) is 4.27. The second-order valence-corrected chi connectivity index (χ2v) is 3.85. The van der Waals surface area contributed by atoms with Crippen molar-refractivity contribution in [2.75, 3.05) is 0 Å². The molecule has 0 bridgehead atoms. The number of rotatable bonds is 4. The fraction of sp³-hybridized carbons (Fsp3) is 0.417. The van der Waals surface area contributed by atoms with Gasteiger partial charge >= 0.3 is 0 Å². The molecule has 1 saturated heterocycles. The molecule has 14 heavy (non-hydrogen) atoms. The Morgan fingerprint density at radius 2 is 2.00 bits per heavy atom. The molecule has 1 aliphatic heterocycles. The lowest BCUT2D eigenvalue weighted by atomic mass is 9.98. The summed E-state index contributed by atoms with van der Waals surface area (Å²) < 4.78 is 0. The van der Waals surface area contributed by atoms with Crippen LogP contribution in [-0.2, 0) is 11.2 Å². The zero-order valence-electron chi connectivity index (χ0n) is 8.20. The molecule has 2 heteroatoms. The van der Waals surface area contributed by atoms with E-state index in [0.717, 1.165) is 25.7 Å². The topological polar surface area (TPSA) is 29.1 Å². The zero-order chi connectivity index (χ0) is 9.80. The lowest BCUT2D eigenvalue weighted by Gasteiger charge is -2.26. The van der Waals surface area contributed by atoms with Gasteiger partial charge in [-0.3, -0.25) is 4.79 Å². The Hall–Kier alpha value is -1.31. The van der Waals surface area contributed by atoms with Gasteiger partial charge in [-0.1, -0.05) is 30.3 Å². The second-order valence-electron chi connectivity index (χ2n) is 3.85. The molecule has 2 nitrogen and oxygen atoms in total. The molecule has 0 spiro atoms. The summed E-state index contributed by atoms with van der Waals surface area (Å²) in [7, 11) is 0. The lowest BCUT2D eigenvalue weighted by molar-refractivity contribution is -0.128. The van der Waals surface area contributed by atoms with Crippen molar-refractivity contribution >= 4 is 5.91 Å². The molecule has 1 heterocycles. The number of hydrogen-bond donors (Lipinski definition) is 1. The van der Waals surface area contributed by atoms with Crippen molar-refractivity contribution in [1.29, 1.82) is 0 Å². The van der Waals surface area contributed by atoms with Gasteiger partial charge in [-0.25, -0.2) is 0 Å². The van der Waals surface area contributed by atoms with Crippen molar-refractivity contribution < 1.29 is 4.79 Å². The van der Waals surface area contributed by atoms with Gasteiger partial charge in [0.1, 0.15) is 0 Å². The number of benzene rings is 1. The number of β-lactam (4-membered cyclic amide) rings is 1. The molecular formula is C12H15NO. The summed E-state index contributed by atoms with van der Waals surface area (Å²) in [6, 6.07) is 10.9. The van der Waals surface area contributed by atoms with Crippen LogP contribution in [0.1, 0.15) is 24.8 Å². The van der Waals surface area contributed by atoms with Gasteiger partial charge in [0.2, 0.25) is 5.91 Å². The number of carbonyl (C=O) groups is 1. The standard InChI is InChI=1S/C12H15NO/c14-12-9-11(13-12)8-4-7-10-5-2-1-3-6-10/h1-3,5-6,11H,4,7-9H2,(H,13,14)/t11-/m0/s1. The van der Waals surface area contributed by atoms with Gasteiger partial charge in [-0.05, 0) is 24.8 Å². The highest BCUT2D eigenvalue weighted by atomic mass is 16.2. The number of carbonyl (C=O) groups excluding carboxylic acids is 1. The van der Waals surface area contributed by atoms with Crippen LogP contribution in [0.5, 0.6) is 0 Å². The lowest BCUT2D eigenvalue weighted by Crippen LogP contribution is -2.48. The number of nitrogens with one attached hydrogen (secondary N) is 1. The normalized spacial score (nSPS) is 20.0. The molecule has 1 aromatic rings. The van der Waals surface area contributed by atoms with Crippen molar-refractivity contribution in [2.45, 2.75) is 31.7 Å². The van der Waals surface area contributed by atoms with Gasteiger partial charge in [0.05, 0.1) is 0 Å². The van der Waals surface area contributed by atoms with E-state index in [1.807, 2.05) is 6.07 Å². The van der Waals surface area contributed by atoms with E-state index in [4.69, 9.17) is 0 Å². The first-order chi connectivity index (χ1) is 6.84. The highest BCUT2D eigenvalue weighted by Gasteiger charge is 2.23. The first-order valence-corrected chi connectivity index (χ1v) is 5.18. The highest BCUT2D eigenvalue weighted by molar-refractivity contribution is 5.82. The van der Waals surface area contributed by atoms with Crippen LogP contribution in [-0.4, -0.2) is 11.9 Å². The summed E-state index contributed by atoms with van der Waals surface area (Å²) in [6.45, 7) is 0. The van der Waals surface area contributed by atoms with Gasteiger partial charge in [0, 0.05) is 12.5 Å². The largest absolute Gasteiger partial charge is 0.353 e. The molecule has 1 atom stereocenters. The van der Waals surface area contributed by atoms with E-state index in [1.54, 1.807) is 0 Å². The number of aryl methyl sites for hydroxylation is 1. The van der Waals surface area contributed by atoms with E-state index < -0.39 is 0 Å². The Bertz CT molecular complexity index is 299. The average Bonchev–Trinajstić information content (AvgIpc) is 2.17. The van der Waals surface area contributed by atoms with Gasteiger partial charge in [0.25, 0.3) is 0 Å². The summed E-state index contributed by atoms with van der Waals surface area (Å²) in [6.07, 6.45) is 4.12. The Kier molecular flexibility index (Phi) is 2.82. The van der Waals surface area contributed by atoms with Crippen LogP contribution in [0.4, 0.5) is 0 Å². The minimum atomic E-state index is 0.203. The molecule has 0 radical (unpaired) electrons. The molecule has 0 aromatic heterocycles. The van der Waals surface area contributed by atoms with Crippen LogP contribution < -0.4 is 5.32 Å². The maximum Gasteiger partial charge on any atom is 0.222 e. The van der Waals surface area contributed by atoms with Crippen molar-refractivity contribution in [2.24, 2.45) is 0 Å². The summed E-state index contributed by atoms with van der Waals surface area (Å²) in [5.41, 5.74) is 1.39. The van der Waals surface area contributed by atoms with E-state index in [-0.39, 0.29) is 5.91 Å². The van der Waals surface area contributed by atoms with E-state index in [9.17, 15) is 4.79 Å². The Balaban J connectivity index is 1.66. The number of amides is 1. The Morgan fingerprint density at radius 3 is 2.64 bits per heavy atom. The first-order valence-electron chi connectivity index (χ1n) is 5.18. The van der Waals surface area contributed by atoms with Crippen molar-refractivity contribution in [3.8, 4) is 0 Å². The SMILES string of the molecule is O=C1C[C@H](CCCc2ccccc2)N1. The quantitative estimate of drug-likeness (QED) is 0.720. The summed E-state index contributed by atoms with van der Waals surface area (Å²) in [5.74, 6) is 0.203. The summed E-state index contributed by atoms with van der Waals surface area (Å²) in [4.78, 5) is 10.6. The minimum absolute atomic E-state index is 0.203. The molecule has 1 aliphatic rings. The molecule has 1 N–H and O–H groups in total. The Labute approximate surface area is 84.3 Å². The smallest absolute Gasteiger partial charge is 0.222 e. The predicted molar refractivity (Wildman–Crippen MR) is 55.9 cm³/mol. The van der Waals surface area contributed by atoms with Gasteiger partial charge in [-0.2, -0.15) is 0 Å². The predicted octanol–water partition coefficient (Wildman–Crippen LogP) is 1.90. The molecule has 1 aromatic carbocycles. The molecular weight excluding hydrogens is 174 g/mol. The molecule has 0 unspecified atom stereocenters. The molecule has 0 aliphatic carbocycles. The first kappa shape index (κ1) is 9.25. The maximum absolute atomic E-state index is 10.6. The van der Waals surface area contributed by atoms with E-state index in [0.29, 0.717) is 6.04 Å². The zero-order valence-corrected chi connectivity index (χ0v) is 8.20. The monoisotopic (exact) mass is 189 g/mol. The van der Waals surface area contributed by atoms with Gasteiger partial charge in [-0.15, -0.1) is 0 Å².